The fraction of sp³-hybridized carbons (Fsp3) is 0.769. The van der Waals surface area contributed by atoms with E-state index in [4.69, 9.17) is 4.74 Å². The molecule has 0 atom stereocenters. The number of nitrogens with zero attached hydrogens (tertiary/aromatic N) is 3. The Hall–Kier alpha value is -1.39. The van der Waals surface area contributed by atoms with Gasteiger partial charge in [0.1, 0.15) is 19.2 Å². The lowest BCUT2D eigenvalue weighted by molar-refractivity contribution is -0.144. The maximum absolute atomic E-state index is 11.4. The molecule has 18 heavy (non-hydrogen) atoms. The Balaban J connectivity index is 1.90. The molecule has 1 rings (SSSR count). The van der Waals surface area contributed by atoms with Crippen LogP contribution in [0.1, 0.15) is 51.9 Å². The van der Waals surface area contributed by atoms with Gasteiger partial charge in [-0.25, -0.2) is 9.67 Å². The molecular formula is C13H23N3O2. The third-order valence-electron chi connectivity index (χ3n) is 2.77. The second kappa shape index (κ2) is 9.62. The summed E-state index contributed by atoms with van der Waals surface area (Å²) >= 11 is 0. The molecule has 0 saturated carbocycles. The van der Waals surface area contributed by atoms with Crippen LogP contribution in [-0.4, -0.2) is 27.3 Å². The minimum atomic E-state index is -0.244. The van der Waals surface area contributed by atoms with Gasteiger partial charge in [-0.3, -0.25) is 4.79 Å². The van der Waals surface area contributed by atoms with Crippen LogP contribution in [0, 0.1) is 0 Å². The molecule has 0 saturated heterocycles. The van der Waals surface area contributed by atoms with Gasteiger partial charge in [0.05, 0.1) is 6.61 Å². The molecule has 5 nitrogen and oxygen atoms in total. The van der Waals surface area contributed by atoms with E-state index in [0.29, 0.717) is 6.61 Å². The van der Waals surface area contributed by atoms with Crippen molar-refractivity contribution in [1.82, 2.24) is 14.8 Å². The minimum absolute atomic E-state index is 0.149. The second-order valence-electron chi connectivity index (χ2n) is 4.43. The van der Waals surface area contributed by atoms with Gasteiger partial charge in [-0.15, -0.1) is 0 Å². The van der Waals surface area contributed by atoms with Gasteiger partial charge in [-0.05, 0) is 6.42 Å². The molecule has 0 aliphatic carbocycles. The molecule has 1 heterocycles. The molecule has 0 fully saturated rings. The number of rotatable bonds is 10. The minimum Gasteiger partial charge on any atom is -0.464 e. The van der Waals surface area contributed by atoms with E-state index in [2.05, 4.69) is 17.0 Å². The predicted molar refractivity (Wildman–Crippen MR) is 69.0 cm³/mol. The highest BCUT2D eigenvalue weighted by atomic mass is 16.5. The van der Waals surface area contributed by atoms with Crippen LogP contribution in [0.5, 0.6) is 0 Å². The zero-order chi connectivity index (χ0) is 13.1. The van der Waals surface area contributed by atoms with Gasteiger partial charge in [-0.1, -0.05) is 45.4 Å². The molecule has 0 aliphatic rings. The van der Waals surface area contributed by atoms with Crippen molar-refractivity contribution in [3.05, 3.63) is 12.7 Å². The summed E-state index contributed by atoms with van der Waals surface area (Å²) in [4.78, 5) is 15.1. The van der Waals surface area contributed by atoms with Crippen LogP contribution in [-0.2, 0) is 16.1 Å². The molecular weight excluding hydrogens is 230 g/mol. The first-order valence-electron chi connectivity index (χ1n) is 6.81. The van der Waals surface area contributed by atoms with Crippen molar-refractivity contribution < 1.29 is 9.53 Å². The fourth-order valence-corrected chi connectivity index (χ4v) is 1.74. The summed E-state index contributed by atoms with van der Waals surface area (Å²) in [6, 6.07) is 0. The molecule has 0 radical (unpaired) electrons. The number of ether oxygens (including phenoxy) is 1. The van der Waals surface area contributed by atoms with E-state index >= 15 is 0 Å². The number of aromatic nitrogens is 3. The van der Waals surface area contributed by atoms with E-state index in [0.717, 1.165) is 12.8 Å². The lowest BCUT2D eigenvalue weighted by atomic mass is 10.1. The van der Waals surface area contributed by atoms with Gasteiger partial charge in [-0.2, -0.15) is 5.10 Å². The maximum Gasteiger partial charge on any atom is 0.327 e. The van der Waals surface area contributed by atoms with E-state index in [1.54, 1.807) is 0 Å². The van der Waals surface area contributed by atoms with Crippen LogP contribution in [0.3, 0.4) is 0 Å². The molecule has 0 amide bonds. The highest BCUT2D eigenvalue weighted by Crippen LogP contribution is 2.06. The number of hydrogen-bond acceptors (Lipinski definition) is 4. The largest absolute Gasteiger partial charge is 0.464 e. The molecule has 0 spiro atoms. The van der Waals surface area contributed by atoms with Gasteiger partial charge in [0.2, 0.25) is 0 Å². The van der Waals surface area contributed by atoms with Gasteiger partial charge in [0.15, 0.2) is 0 Å². The predicted octanol–water partition coefficient (Wildman–Crippen LogP) is 2.57. The summed E-state index contributed by atoms with van der Waals surface area (Å²) in [6.07, 6.45) is 11.5. The molecule has 1 aromatic heterocycles. The normalized spacial score (nSPS) is 10.5. The molecule has 0 bridgehead atoms. The average molecular weight is 253 g/mol. The molecule has 1 aromatic rings. The van der Waals surface area contributed by atoms with Crippen LogP contribution in [0.4, 0.5) is 0 Å². The van der Waals surface area contributed by atoms with Gasteiger partial charge < -0.3 is 4.74 Å². The van der Waals surface area contributed by atoms with Crippen molar-refractivity contribution in [3.8, 4) is 0 Å². The van der Waals surface area contributed by atoms with Crippen molar-refractivity contribution >= 4 is 5.97 Å². The Bertz CT molecular complexity index is 312. The van der Waals surface area contributed by atoms with Crippen molar-refractivity contribution in [2.24, 2.45) is 0 Å². The maximum atomic E-state index is 11.4. The van der Waals surface area contributed by atoms with Crippen LogP contribution >= 0.6 is 0 Å². The Labute approximate surface area is 109 Å². The number of esters is 1. The number of unbranched alkanes of at least 4 members (excludes halogenated alkanes) is 6. The van der Waals surface area contributed by atoms with Crippen molar-refractivity contribution in [3.63, 3.8) is 0 Å². The van der Waals surface area contributed by atoms with Crippen molar-refractivity contribution in [2.45, 2.75) is 58.4 Å². The van der Waals surface area contributed by atoms with Crippen molar-refractivity contribution in [1.29, 1.82) is 0 Å². The molecule has 0 unspecified atom stereocenters. The first-order valence-corrected chi connectivity index (χ1v) is 6.81. The summed E-state index contributed by atoms with van der Waals surface area (Å²) in [7, 11) is 0. The molecule has 0 aliphatic heterocycles. The van der Waals surface area contributed by atoms with E-state index in [9.17, 15) is 4.79 Å². The summed E-state index contributed by atoms with van der Waals surface area (Å²) in [6.45, 7) is 2.88. The number of hydrogen-bond donors (Lipinski definition) is 0. The first kappa shape index (κ1) is 14.7. The summed E-state index contributed by atoms with van der Waals surface area (Å²) in [5.41, 5.74) is 0. The fourth-order valence-electron chi connectivity index (χ4n) is 1.74. The Morgan fingerprint density at radius 2 is 1.89 bits per heavy atom. The third kappa shape index (κ3) is 7.04. The first-order chi connectivity index (χ1) is 8.83. The van der Waals surface area contributed by atoms with Crippen LogP contribution in [0.25, 0.3) is 0 Å². The molecule has 0 aromatic carbocycles. The van der Waals surface area contributed by atoms with Gasteiger partial charge in [0.25, 0.3) is 0 Å². The van der Waals surface area contributed by atoms with Gasteiger partial charge >= 0.3 is 5.97 Å². The Morgan fingerprint density at radius 1 is 1.17 bits per heavy atom. The number of carbonyl (C=O) groups excluding carboxylic acids is 1. The van der Waals surface area contributed by atoms with Gasteiger partial charge in [0, 0.05) is 0 Å². The zero-order valence-corrected chi connectivity index (χ0v) is 11.2. The summed E-state index contributed by atoms with van der Waals surface area (Å²) < 4.78 is 6.58. The third-order valence-corrected chi connectivity index (χ3v) is 2.77. The van der Waals surface area contributed by atoms with E-state index < -0.39 is 0 Å². The summed E-state index contributed by atoms with van der Waals surface area (Å²) in [5, 5.41) is 3.85. The highest BCUT2D eigenvalue weighted by molar-refractivity contribution is 5.68. The standard InChI is InChI=1S/C13H23N3O2/c1-2-3-4-5-6-7-8-9-18-13(17)10-16-12-14-11-15-16/h11-12H,2-10H2,1H3. The highest BCUT2D eigenvalue weighted by Gasteiger charge is 2.03. The summed E-state index contributed by atoms with van der Waals surface area (Å²) in [5.74, 6) is -0.244. The second-order valence-corrected chi connectivity index (χ2v) is 4.43. The lowest BCUT2D eigenvalue weighted by Gasteiger charge is -2.04. The monoisotopic (exact) mass is 253 g/mol. The van der Waals surface area contributed by atoms with Crippen LogP contribution in [0.2, 0.25) is 0 Å². The molecule has 102 valence electrons. The Morgan fingerprint density at radius 3 is 2.56 bits per heavy atom. The van der Waals surface area contributed by atoms with E-state index in [1.165, 1.54) is 49.4 Å². The SMILES string of the molecule is CCCCCCCCCOC(=O)Cn1cncn1. The van der Waals surface area contributed by atoms with Crippen LogP contribution in [0.15, 0.2) is 12.7 Å². The Kier molecular flexibility index (Phi) is 7.84. The van der Waals surface area contributed by atoms with Crippen LogP contribution < -0.4 is 0 Å². The lowest BCUT2D eigenvalue weighted by Crippen LogP contribution is -2.14. The zero-order valence-electron chi connectivity index (χ0n) is 11.2. The topological polar surface area (TPSA) is 57.0 Å². The van der Waals surface area contributed by atoms with E-state index in [1.807, 2.05) is 0 Å². The quantitative estimate of drug-likeness (QED) is 0.475. The number of carbonyl (C=O) groups is 1. The molecule has 5 heteroatoms. The van der Waals surface area contributed by atoms with E-state index in [-0.39, 0.29) is 12.5 Å². The molecule has 0 N–H and O–H groups in total. The smallest absolute Gasteiger partial charge is 0.327 e. The average Bonchev–Trinajstić information content (AvgIpc) is 2.85. The van der Waals surface area contributed by atoms with Crippen molar-refractivity contribution in [2.75, 3.05) is 6.61 Å².